The van der Waals surface area contributed by atoms with E-state index >= 15 is 0 Å². The molecular formula is C15H20N2O2. The lowest BCUT2D eigenvalue weighted by molar-refractivity contribution is -0.145. The Balaban J connectivity index is 1.98. The number of rotatable bonds is 2. The molecule has 2 bridgehead atoms. The zero-order valence-electron chi connectivity index (χ0n) is 11.1. The minimum absolute atomic E-state index is 0.0850. The molecule has 2 saturated heterocycles. The summed E-state index contributed by atoms with van der Waals surface area (Å²) in [5, 5.41) is 9.53. The topological polar surface area (TPSA) is 66.6 Å². The van der Waals surface area contributed by atoms with Crippen molar-refractivity contribution in [3.63, 3.8) is 0 Å². The van der Waals surface area contributed by atoms with Crippen molar-refractivity contribution in [3.05, 3.63) is 29.8 Å². The average Bonchev–Trinajstić information content (AvgIpc) is 2.62. The van der Waals surface area contributed by atoms with Crippen molar-refractivity contribution in [3.8, 4) is 0 Å². The number of hydrogen-bond donors (Lipinski definition) is 2. The van der Waals surface area contributed by atoms with Gasteiger partial charge < -0.3 is 10.8 Å². The lowest BCUT2D eigenvalue weighted by atomic mass is 9.76. The van der Waals surface area contributed by atoms with Crippen LogP contribution in [0.15, 0.2) is 24.3 Å². The van der Waals surface area contributed by atoms with Gasteiger partial charge in [-0.1, -0.05) is 12.1 Å². The van der Waals surface area contributed by atoms with Gasteiger partial charge in [0.25, 0.3) is 0 Å². The van der Waals surface area contributed by atoms with Crippen molar-refractivity contribution in [1.29, 1.82) is 0 Å². The van der Waals surface area contributed by atoms with E-state index in [9.17, 15) is 9.90 Å². The third-order valence-corrected chi connectivity index (χ3v) is 4.91. The second-order valence-corrected chi connectivity index (χ2v) is 5.84. The third-order valence-electron chi connectivity index (χ3n) is 4.91. The Bertz CT molecular complexity index is 485. The number of carboxylic acid groups (broad SMARTS) is 1. The average molecular weight is 260 g/mol. The first-order valence-electron chi connectivity index (χ1n) is 6.88. The molecule has 2 aliphatic heterocycles. The van der Waals surface area contributed by atoms with Crippen molar-refractivity contribution in [1.82, 2.24) is 4.90 Å². The Morgan fingerprint density at radius 2 is 2.00 bits per heavy atom. The molecule has 0 amide bonds. The van der Waals surface area contributed by atoms with Crippen LogP contribution in [0.4, 0.5) is 5.69 Å². The fraction of sp³-hybridized carbons (Fsp3) is 0.533. The highest BCUT2D eigenvalue weighted by atomic mass is 16.4. The van der Waals surface area contributed by atoms with Crippen LogP contribution in [0, 0.1) is 5.92 Å². The van der Waals surface area contributed by atoms with Crippen LogP contribution in [-0.2, 0) is 4.79 Å². The van der Waals surface area contributed by atoms with E-state index in [1.807, 2.05) is 24.3 Å². The van der Waals surface area contributed by atoms with Gasteiger partial charge in [-0.15, -0.1) is 0 Å². The highest BCUT2D eigenvalue weighted by molar-refractivity contribution is 5.72. The molecule has 2 fully saturated rings. The molecule has 0 saturated carbocycles. The molecule has 2 heterocycles. The number of carbonyl (C=O) groups is 1. The number of nitrogens with two attached hydrogens (primary N) is 1. The summed E-state index contributed by atoms with van der Waals surface area (Å²) in [4.78, 5) is 14.0. The van der Waals surface area contributed by atoms with Crippen LogP contribution in [0.3, 0.4) is 0 Å². The molecule has 3 N–H and O–H groups in total. The van der Waals surface area contributed by atoms with E-state index in [4.69, 9.17) is 5.73 Å². The first kappa shape index (κ1) is 12.5. The summed E-state index contributed by atoms with van der Waals surface area (Å²) in [6, 6.07) is 8.51. The smallest absolute Gasteiger partial charge is 0.307 e. The summed E-state index contributed by atoms with van der Waals surface area (Å²) in [5.74, 6) is -0.842. The Morgan fingerprint density at radius 1 is 1.32 bits per heavy atom. The summed E-state index contributed by atoms with van der Waals surface area (Å²) < 4.78 is 0. The third kappa shape index (κ3) is 2.00. The first-order chi connectivity index (χ1) is 9.08. The second kappa shape index (κ2) is 4.53. The van der Waals surface area contributed by atoms with Crippen molar-refractivity contribution < 1.29 is 9.90 Å². The Hall–Kier alpha value is -1.55. The molecule has 1 aromatic rings. The molecule has 4 atom stereocenters. The summed E-state index contributed by atoms with van der Waals surface area (Å²) in [6.07, 6.45) is 2.98. The number of aliphatic carboxylic acids is 1. The van der Waals surface area contributed by atoms with Crippen LogP contribution < -0.4 is 5.73 Å². The monoisotopic (exact) mass is 260 g/mol. The molecule has 0 radical (unpaired) electrons. The summed E-state index contributed by atoms with van der Waals surface area (Å²) in [6.45, 7) is 0. The van der Waals surface area contributed by atoms with Gasteiger partial charge in [-0.05, 0) is 44.0 Å². The molecule has 4 unspecified atom stereocenters. The normalized spacial score (nSPS) is 34.4. The predicted molar refractivity (Wildman–Crippen MR) is 73.9 cm³/mol. The SMILES string of the molecule is CN1C2CCC1C(c1ccc(N)cc1)C(C(=O)O)C2. The lowest BCUT2D eigenvalue weighted by Crippen LogP contribution is -2.47. The van der Waals surface area contributed by atoms with E-state index in [2.05, 4.69) is 11.9 Å². The van der Waals surface area contributed by atoms with Gasteiger partial charge >= 0.3 is 5.97 Å². The maximum Gasteiger partial charge on any atom is 0.307 e. The lowest BCUT2D eigenvalue weighted by Gasteiger charge is -2.41. The van der Waals surface area contributed by atoms with Crippen LogP contribution in [0.1, 0.15) is 30.7 Å². The molecule has 1 aromatic carbocycles. The van der Waals surface area contributed by atoms with Crippen molar-refractivity contribution in [2.24, 2.45) is 5.92 Å². The zero-order chi connectivity index (χ0) is 13.6. The summed E-state index contributed by atoms with van der Waals surface area (Å²) in [7, 11) is 2.13. The number of carboxylic acids is 1. The van der Waals surface area contributed by atoms with Crippen LogP contribution in [-0.4, -0.2) is 35.1 Å². The van der Waals surface area contributed by atoms with Gasteiger partial charge in [-0.3, -0.25) is 9.69 Å². The number of hydrogen-bond acceptors (Lipinski definition) is 3. The molecule has 19 heavy (non-hydrogen) atoms. The quantitative estimate of drug-likeness (QED) is 0.797. The number of anilines is 1. The van der Waals surface area contributed by atoms with E-state index in [1.165, 1.54) is 0 Å². The molecule has 2 aliphatic rings. The molecule has 4 heteroatoms. The summed E-state index contributed by atoms with van der Waals surface area (Å²) in [5.41, 5.74) is 7.56. The molecule has 4 nitrogen and oxygen atoms in total. The number of nitrogens with zero attached hydrogens (tertiary/aromatic N) is 1. The van der Waals surface area contributed by atoms with Crippen LogP contribution >= 0.6 is 0 Å². The van der Waals surface area contributed by atoms with E-state index in [0.717, 1.165) is 30.5 Å². The largest absolute Gasteiger partial charge is 0.481 e. The number of piperidine rings is 1. The van der Waals surface area contributed by atoms with Gasteiger partial charge in [0.2, 0.25) is 0 Å². The molecule has 0 aromatic heterocycles. The molecular weight excluding hydrogens is 240 g/mol. The molecule has 3 rings (SSSR count). The van der Waals surface area contributed by atoms with Gasteiger partial charge in [0.15, 0.2) is 0 Å². The second-order valence-electron chi connectivity index (χ2n) is 5.84. The minimum Gasteiger partial charge on any atom is -0.481 e. The molecule has 0 aliphatic carbocycles. The number of likely N-dealkylation sites (N-methyl/N-ethyl adjacent to an activating group) is 1. The zero-order valence-corrected chi connectivity index (χ0v) is 11.1. The van der Waals surface area contributed by atoms with Crippen LogP contribution in [0.2, 0.25) is 0 Å². The van der Waals surface area contributed by atoms with E-state index in [-0.39, 0.29) is 11.8 Å². The molecule has 0 spiro atoms. The first-order valence-corrected chi connectivity index (χ1v) is 6.88. The Morgan fingerprint density at radius 3 is 2.63 bits per heavy atom. The maximum atomic E-state index is 11.6. The Labute approximate surface area is 113 Å². The highest BCUT2D eigenvalue weighted by Gasteiger charge is 2.48. The van der Waals surface area contributed by atoms with Gasteiger partial charge in [0.05, 0.1) is 5.92 Å². The van der Waals surface area contributed by atoms with E-state index < -0.39 is 5.97 Å². The predicted octanol–water partition coefficient (Wildman–Crippen LogP) is 1.92. The van der Waals surface area contributed by atoms with Crippen molar-refractivity contribution in [2.45, 2.75) is 37.3 Å². The van der Waals surface area contributed by atoms with E-state index in [1.54, 1.807) is 0 Å². The van der Waals surface area contributed by atoms with Gasteiger partial charge in [-0.25, -0.2) is 0 Å². The summed E-state index contributed by atoms with van der Waals surface area (Å²) >= 11 is 0. The van der Waals surface area contributed by atoms with Crippen LogP contribution in [0.5, 0.6) is 0 Å². The number of nitrogen functional groups attached to an aromatic ring is 1. The van der Waals surface area contributed by atoms with Gasteiger partial charge in [0.1, 0.15) is 0 Å². The number of fused-ring (bicyclic) bond motifs is 2. The number of benzene rings is 1. The Kier molecular flexibility index (Phi) is 2.97. The van der Waals surface area contributed by atoms with Gasteiger partial charge in [-0.2, -0.15) is 0 Å². The fourth-order valence-corrected chi connectivity index (χ4v) is 3.89. The fourth-order valence-electron chi connectivity index (χ4n) is 3.89. The minimum atomic E-state index is -0.660. The highest BCUT2D eigenvalue weighted by Crippen LogP contribution is 2.46. The van der Waals surface area contributed by atoms with Crippen molar-refractivity contribution >= 4 is 11.7 Å². The van der Waals surface area contributed by atoms with E-state index in [0.29, 0.717) is 12.1 Å². The van der Waals surface area contributed by atoms with Gasteiger partial charge in [0, 0.05) is 23.7 Å². The van der Waals surface area contributed by atoms with Crippen molar-refractivity contribution in [2.75, 3.05) is 12.8 Å². The standard InChI is InChI=1S/C15H20N2O2/c1-17-11-6-7-13(17)14(12(8-11)15(18)19)9-2-4-10(16)5-3-9/h2-5,11-14H,6-8,16H2,1H3,(H,18,19). The van der Waals surface area contributed by atoms with Crippen LogP contribution in [0.25, 0.3) is 0 Å². The maximum absolute atomic E-state index is 11.6. The molecule has 102 valence electrons.